The fourth-order valence-electron chi connectivity index (χ4n) is 6.45. The molecule has 0 radical (unpaired) electrons. The van der Waals surface area contributed by atoms with Crippen molar-refractivity contribution in [2.24, 2.45) is 9.98 Å². The summed E-state index contributed by atoms with van der Waals surface area (Å²) in [5.41, 5.74) is 10.5. The molecule has 0 N–H and O–H groups in total. The predicted molar refractivity (Wildman–Crippen MR) is 198 cm³/mol. The van der Waals surface area contributed by atoms with Crippen LogP contribution in [0.25, 0.3) is 44.1 Å². The summed E-state index contributed by atoms with van der Waals surface area (Å²) in [5.74, 6) is 0. The number of nitrogens with zero attached hydrogens (tertiary/aromatic N) is 4. The van der Waals surface area contributed by atoms with E-state index in [1.165, 1.54) is 0 Å². The van der Waals surface area contributed by atoms with Gasteiger partial charge in [0.15, 0.2) is 0 Å². The highest BCUT2D eigenvalue weighted by Crippen LogP contribution is 2.37. The molecule has 0 atom stereocenters. The van der Waals surface area contributed by atoms with E-state index in [4.69, 9.17) is 20.0 Å². The van der Waals surface area contributed by atoms with Gasteiger partial charge in [0, 0.05) is 22.3 Å². The maximum atomic E-state index is 5.50. The number of pyridine rings is 2. The lowest BCUT2D eigenvalue weighted by molar-refractivity contribution is 1.26. The number of hydrogen-bond acceptors (Lipinski definition) is 4. The summed E-state index contributed by atoms with van der Waals surface area (Å²) in [4.78, 5) is 21.4. The number of fused-ring (bicyclic) bond motifs is 4. The summed E-state index contributed by atoms with van der Waals surface area (Å²) in [6, 6.07) is 58.3. The predicted octanol–water partition coefficient (Wildman–Crippen LogP) is 10.8. The largest absolute Gasteiger partial charge is 0.246 e. The van der Waals surface area contributed by atoms with Crippen molar-refractivity contribution >= 4 is 44.3 Å². The molecule has 3 heterocycles. The minimum Gasteiger partial charge on any atom is -0.246 e. The van der Waals surface area contributed by atoms with Crippen molar-refractivity contribution in [2.75, 3.05) is 0 Å². The molecule has 0 unspecified atom stereocenters. The Bertz CT molecular complexity index is 2370. The topological polar surface area (TPSA) is 50.5 Å². The number of benzene rings is 6. The van der Waals surface area contributed by atoms with E-state index in [2.05, 4.69) is 109 Å². The minimum atomic E-state index is 0.777. The molecule has 0 spiro atoms. The second-order valence-electron chi connectivity index (χ2n) is 11.9. The van der Waals surface area contributed by atoms with Gasteiger partial charge < -0.3 is 0 Å². The van der Waals surface area contributed by atoms with Gasteiger partial charge in [-0.3, -0.25) is 0 Å². The lowest BCUT2D eigenvalue weighted by Crippen LogP contribution is -2.13. The third-order valence-corrected chi connectivity index (χ3v) is 8.83. The van der Waals surface area contributed by atoms with E-state index in [-0.39, 0.29) is 0 Å². The summed E-state index contributed by atoms with van der Waals surface area (Å²) in [7, 11) is 0. The lowest BCUT2D eigenvalue weighted by Gasteiger charge is -2.19. The molecule has 4 nitrogen and oxygen atoms in total. The summed E-state index contributed by atoms with van der Waals surface area (Å²) in [6.45, 7) is 0. The van der Waals surface area contributed by atoms with Crippen molar-refractivity contribution in [3.8, 4) is 22.5 Å². The first-order chi connectivity index (χ1) is 23.8. The molecule has 9 rings (SSSR count). The quantitative estimate of drug-likeness (QED) is 0.199. The van der Waals surface area contributed by atoms with Crippen LogP contribution in [0.3, 0.4) is 0 Å². The standard InChI is InChI=1S/C44H28N4/c1-3-13-29(14-4-1)37-21-11-23-39(45-37)43-35-25-31-17-7-9-19-33(31)27-41(35)48-44(36-26-32-18-8-10-20-34(32)28-42(36)47-43)40-24-12-22-38(46-40)30-15-5-2-6-16-30/h1-28H. The van der Waals surface area contributed by atoms with Gasteiger partial charge >= 0.3 is 0 Å². The van der Waals surface area contributed by atoms with Gasteiger partial charge in [-0.2, -0.15) is 0 Å². The molecule has 8 aromatic rings. The van der Waals surface area contributed by atoms with Crippen molar-refractivity contribution < 1.29 is 0 Å². The number of rotatable bonds is 4. The van der Waals surface area contributed by atoms with Crippen LogP contribution in [0.2, 0.25) is 0 Å². The molecule has 0 fully saturated rings. The van der Waals surface area contributed by atoms with E-state index < -0.39 is 0 Å². The van der Waals surface area contributed by atoms with Crippen LogP contribution >= 0.6 is 0 Å². The third kappa shape index (κ3) is 5.06. The molecule has 2 aromatic heterocycles. The van der Waals surface area contributed by atoms with Crippen LogP contribution in [0.5, 0.6) is 0 Å². The Morgan fingerprint density at radius 3 is 1.06 bits per heavy atom. The van der Waals surface area contributed by atoms with E-state index in [0.717, 1.165) is 89.4 Å². The van der Waals surface area contributed by atoms with Gasteiger partial charge in [-0.25, -0.2) is 20.0 Å². The lowest BCUT2D eigenvalue weighted by atomic mass is 9.95. The maximum Gasteiger partial charge on any atom is 0.0988 e. The first-order valence-corrected chi connectivity index (χ1v) is 16.1. The summed E-state index contributed by atoms with van der Waals surface area (Å²) in [6.07, 6.45) is 0. The first kappa shape index (κ1) is 27.8. The van der Waals surface area contributed by atoms with E-state index in [1.807, 2.05) is 60.7 Å². The monoisotopic (exact) mass is 612 g/mol. The Morgan fingerprint density at radius 2 is 0.646 bits per heavy atom. The second-order valence-corrected chi connectivity index (χ2v) is 11.9. The van der Waals surface area contributed by atoms with Gasteiger partial charge in [0.25, 0.3) is 0 Å². The highest BCUT2D eigenvalue weighted by atomic mass is 14.9. The zero-order chi connectivity index (χ0) is 31.9. The highest BCUT2D eigenvalue weighted by Gasteiger charge is 2.23. The second kappa shape index (κ2) is 11.7. The molecule has 0 bridgehead atoms. The molecule has 4 heteroatoms. The van der Waals surface area contributed by atoms with Gasteiger partial charge in [-0.05, 0) is 70.1 Å². The zero-order valence-electron chi connectivity index (χ0n) is 26.0. The van der Waals surface area contributed by atoms with E-state index in [9.17, 15) is 0 Å². The number of aliphatic imine (C=N–C) groups is 2. The Balaban J connectivity index is 1.34. The van der Waals surface area contributed by atoms with Crippen LogP contribution in [-0.4, -0.2) is 21.4 Å². The molecule has 0 amide bonds. The molecule has 1 aliphatic heterocycles. The van der Waals surface area contributed by atoms with E-state index in [1.54, 1.807) is 0 Å². The Kier molecular flexibility index (Phi) is 6.76. The Labute approximate surface area is 278 Å². The molecule has 48 heavy (non-hydrogen) atoms. The normalized spacial score (nSPS) is 12.4. The highest BCUT2D eigenvalue weighted by molar-refractivity contribution is 6.23. The summed E-state index contributed by atoms with van der Waals surface area (Å²) < 4.78 is 0. The fourth-order valence-corrected chi connectivity index (χ4v) is 6.45. The molecule has 0 saturated heterocycles. The van der Waals surface area contributed by atoms with Crippen molar-refractivity contribution in [3.63, 3.8) is 0 Å². The molecule has 0 aliphatic carbocycles. The van der Waals surface area contributed by atoms with Crippen LogP contribution in [0.4, 0.5) is 11.4 Å². The van der Waals surface area contributed by atoms with E-state index >= 15 is 0 Å². The Morgan fingerprint density at radius 1 is 0.292 bits per heavy atom. The third-order valence-electron chi connectivity index (χ3n) is 8.83. The maximum absolute atomic E-state index is 5.50. The molecule has 0 saturated carbocycles. The van der Waals surface area contributed by atoms with Crippen molar-refractivity contribution in [3.05, 3.63) is 192 Å². The van der Waals surface area contributed by atoms with Crippen molar-refractivity contribution in [1.82, 2.24) is 9.97 Å². The molecule has 224 valence electrons. The summed E-state index contributed by atoms with van der Waals surface area (Å²) in [5, 5.41) is 4.44. The van der Waals surface area contributed by atoms with Crippen LogP contribution < -0.4 is 0 Å². The Hall–Kier alpha value is -6.52. The van der Waals surface area contributed by atoms with E-state index in [0.29, 0.717) is 0 Å². The van der Waals surface area contributed by atoms with Crippen molar-refractivity contribution in [2.45, 2.75) is 0 Å². The van der Waals surface area contributed by atoms with Crippen LogP contribution in [0.1, 0.15) is 22.5 Å². The average Bonchev–Trinajstić information content (AvgIpc) is 3.15. The molecule has 1 aliphatic rings. The minimum absolute atomic E-state index is 0.777. The van der Waals surface area contributed by atoms with Gasteiger partial charge in [0.2, 0.25) is 0 Å². The molecular formula is C44H28N4. The van der Waals surface area contributed by atoms with Crippen LogP contribution in [0, 0.1) is 0 Å². The molecule has 6 aromatic carbocycles. The van der Waals surface area contributed by atoms with Gasteiger partial charge in [0.1, 0.15) is 0 Å². The van der Waals surface area contributed by atoms with Gasteiger partial charge in [-0.1, -0.05) is 121 Å². The molecular weight excluding hydrogens is 585 g/mol. The SMILES string of the molecule is c1ccc(-c2cccc(C3=Nc4cc5ccccc5cc4C(c4cccc(-c5ccccc5)n4)=Nc4cc5ccccc5cc43)n2)cc1. The van der Waals surface area contributed by atoms with Crippen LogP contribution in [-0.2, 0) is 0 Å². The average molecular weight is 613 g/mol. The number of hydrogen-bond donors (Lipinski definition) is 0. The van der Waals surface area contributed by atoms with Gasteiger partial charge in [-0.15, -0.1) is 0 Å². The summed E-state index contributed by atoms with van der Waals surface area (Å²) >= 11 is 0. The van der Waals surface area contributed by atoms with Crippen LogP contribution in [0.15, 0.2) is 180 Å². The number of aromatic nitrogens is 2. The zero-order valence-corrected chi connectivity index (χ0v) is 26.0. The fraction of sp³-hybridized carbons (Fsp3) is 0. The van der Waals surface area contributed by atoms with Crippen molar-refractivity contribution in [1.29, 1.82) is 0 Å². The first-order valence-electron chi connectivity index (χ1n) is 16.1. The smallest absolute Gasteiger partial charge is 0.0988 e. The van der Waals surface area contributed by atoms with Gasteiger partial charge in [0.05, 0.1) is 45.6 Å².